The zero-order valence-electron chi connectivity index (χ0n) is 10.3. The van der Waals surface area contributed by atoms with E-state index in [1.165, 1.54) is 25.2 Å². The van der Waals surface area contributed by atoms with Gasteiger partial charge in [-0.05, 0) is 41.1 Å². The molecule has 0 spiro atoms. The van der Waals surface area contributed by atoms with Crippen molar-refractivity contribution in [2.75, 3.05) is 13.6 Å². The Bertz CT molecular complexity index is 658. The van der Waals surface area contributed by atoms with Crippen LogP contribution in [0.1, 0.15) is 17.3 Å². The molecule has 0 saturated heterocycles. The maximum absolute atomic E-state index is 12.2. The SMILES string of the molecule is CC#CCN(C)S(=O)(=O)c1ccc(C(=O)O)c(Br)c1. The third kappa shape index (κ3) is 3.56. The second-order valence-corrected chi connectivity index (χ2v) is 6.53. The van der Waals surface area contributed by atoms with Crippen molar-refractivity contribution in [1.82, 2.24) is 4.31 Å². The van der Waals surface area contributed by atoms with E-state index < -0.39 is 16.0 Å². The summed E-state index contributed by atoms with van der Waals surface area (Å²) in [6, 6.07) is 3.78. The fourth-order valence-corrected chi connectivity index (χ4v) is 3.09. The van der Waals surface area contributed by atoms with Crippen LogP contribution in [-0.2, 0) is 10.0 Å². The van der Waals surface area contributed by atoms with Crippen LogP contribution >= 0.6 is 15.9 Å². The topological polar surface area (TPSA) is 74.7 Å². The van der Waals surface area contributed by atoms with Crippen LogP contribution in [0.2, 0.25) is 0 Å². The minimum Gasteiger partial charge on any atom is -0.478 e. The van der Waals surface area contributed by atoms with Crippen LogP contribution in [0.5, 0.6) is 0 Å². The van der Waals surface area contributed by atoms with Crippen molar-refractivity contribution in [2.45, 2.75) is 11.8 Å². The molecule has 1 aromatic carbocycles. The molecule has 19 heavy (non-hydrogen) atoms. The molecule has 1 N–H and O–H groups in total. The number of carboxylic acids is 1. The summed E-state index contributed by atoms with van der Waals surface area (Å²) in [6.45, 7) is 1.70. The van der Waals surface area contributed by atoms with Crippen molar-refractivity contribution in [2.24, 2.45) is 0 Å². The van der Waals surface area contributed by atoms with Gasteiger partial charge in [-0.1, -0.05) is 5.92 Å². The fraction of sp³-hybridized carbons (Fsp3) is 0.250. The summed E-state index contributed by atoms with van der Waals surface area (Å²) in [6.07, 6.45) is 0. The van der Waals surface area contributed by atoms with Gasteiger partial charge in [0, 0.05) is 11.5 Å². The van der Waals surface area contributed by atoms with Crippen LogP contribution in [0.3, 0.4) is 0 Å². The molecule has 0 heterocycles. The molecule has 0 unspecified atom stereocenters. The monoisotopic (exact) mass is 345 g/mol. The average molecular weight is 346 g/mol. The Morgan fingerprint density at radius 1 is 1.47 bits per heavy atom. The number of carboxylic acid groups (broad SMARTS) is 1. The first-order chi connectivity index (χ1) is 8.80. The second kappa shape index (κ2) is 6.19. The van der Waals surface area contributed by atoms with E-state index >= 15 is 0 Å². The quantitative estimate of drug-likeness (QED) is 0.844. The Morgan fingerprint density at radius 2 is 2.11 bits per heavy atom. The van der Waals surface area contributed by atoms with Gasteiger partial charge in [-0.25, -0.2) is 13.2 Å². The minimum atomic E-state index is -3.67. The first-order valence-electron chi connectivity index (χ1n) is 5.19. The zero-order valence-corrected chi connectivity index (χ0v) is 12.7. The number of hydrogen-bond acceptors (Lipinski definition) is 3. The lowest BCUT2D eigenvalue weighted by molar-refractivity contribution is 0.0695. The number of hydrogen-bond donors (Lipinski definition) is 1. The molecule has 0 aliphatic heterocycles. The third-order valence-electron chi connectivity index (χ3n) is 2.36. The Hall–Kier alpha value is -1.36. The van der Waals surface area contributed by atoms with Crippen LogP contribution < -0.4 is 0 Å². The molecule has 0 aliphatic carbocycles. The first-order valence-corrected chi connectivity index (χ1v) is 7.42. The molecule has 0 aromatic heterocycles. The van der Waals surface area contributed by atoms with E-state index in [4.69, 9.17) is 5.11 Å². The number of rotatable bonds is 4. The van der Waals surface area contributed by atoms with Gasteiger partial charge in [0.05, 0.1) is 17.0 Å². The highest BCUT2D eigenvalue weighted by Crippen LogP contribution is 2.23. The molecular weight excluding hydrogens is 334 g/mol. The van der Waals surface area contributed by atoms with Crippen molar-refractivity contribution in [3.05, 3.63) is 28.2 Å². The largest absolute Gasteiger partial charge is 0.478 e. The van der Waals surface area contributed by atoms with Crippen LogP contribution in [0.15, 0.2) is 27.6 Å². The normalized spacial score (nSPS) is 10.9. The second-order valence-electron chi connectivity index (χ2n) is 3.63. The van der Waals surface area contributed by atoms with Crippen molar-refractivity contribution >= 4 is 31.9 Å². The molecule has 1 aromatic rings. The van der Waals surface area contributed by atoms with E-state index in [1.54, 1.807) is 6.92 Å². The molecule has 102 valence electrons. The summed E-state index contributed by atoms with van der Waals surface area (Å²) >= 11 is 3.05. The molecule has 0 aliphatic rings. The van der Waals surface area contributed by atoms with E-state index in [-0.39, 0.29) is 21.5 Å². The molecule has 1 rings (SSSR count). The molecule has 0 bridgehead atoms. The summed E-state index contributed by atoms with van der Waals surface area (Å²) in [7, 11) is -2.25. The van der Waals surface area contributed by atoms with Crippen molar-refractivity contribution < 1.29 is 18.3 Å². The molecule has 0 radical (unpaired) electrons. The van der Waals surface area contributed by atoms with Crippen molar-refractivity contribution in [3.8, 4) is 11.8 Å². The van der Waals surface area contributed by atoms with E-state index in [0.29, 0.717) is 0 Å². The average Bonchev–Trinajstić information content (AvgIpc) is 2.35. The Morgan fingerprint density at radius 3 is 2.58 bits per heavy atom. The molecule has 0 saturated carbocycles. The van der Waals surface area contributed by atoms with Gasteiger partial charge in [0.1, 0.15) is 0 Å². The van der Waals surface area contributed by atoms with Gasteiger partial charge in [-0.3, -0.25) is 0 Å². The van der Waals surface area contributed by atoms with Gasteiger partial charge < -0.3 is 5.11 Å². The summed E-state index contributed by atoms with van der Waals surface area (Å²) in [5.74, 6) is 4.15. The summed E-state index contributed by atoms with van der Waals surface area (Å²) in [4.78, 5) is 10.9. The van der Waals surface area contributed by atoms with E-state index in [1.807, 2.05) is 0 Å². The smallest absolute Gasteiger partial charge is 0.336 e. The van der Waals surface area contributed by atoms with Crippen LogP contribution in [0.25, 0.3) is 0 Å². The molecule has 0 amide bonds. The molecule has 0 fully saturated rings. The highest BCUT2D eigenvalue weighted by molar-refractivity contribution is 9.10. The predicted molar refractivity (Wildman–Crippen MR) is 74.4 cm³/mol. The number of aromatic carboxylic acids is 1. The summed E-state index contributed by atoms with van der Waals surface area (Å²) in [5.41, 5.74) is 0.00922. The highest BCUT2D eigenvalue weighted by atomic mass is 79.9. The van der Waals surface area contributed by atoms with Crippen LogP contribution in [0, 0.1) is 11.8 Å². The van der Waals surface area contributed by atoms with E-state index in [9.17, 15) is 13.2 Å². The Balaban J connectivity index is 3.18. The highest BCUT2D eigenvalue weighted by Gasteiger charge is 2.21. The van der Waals surface area contributed by atoms with Crippen LogP contribution in [0.4, 0.5) is 0 Å². The van der Waals surface area contributed by atoms with E-state index in [2.05, 4.69) is 27.8 Å². The van der Waals surface area contributed by atoms with Gasteiger partial charge >= 0.3 is 5.97 Å². The third-order valence-corrected chi connectivity index (χ3v) is 4.81. The first kappa shape index (κ1) is 15.7. The maximum atomic E-state index is 12.2. The number of benzene rings is 1. The Kier molecular flexibility index (Phi) is 5.11. The number of carbonyl (C=O) groups is 1. The van der Waals surface area contributed by atoms with Gasteiger partial charge in [0.25, 0.3) is 0 Å². The standard InChI is InChI=1S/C12H12BrNO4S/c1-3-4-7-14(2)19(17,18)9-5-6-10(12(15)16)11(13)8-9/h5-6,8H,7H2,1-2H3,(H,15,16). The maximum Gasteiger partial charge on any atom is 0.336 e. The molecule has 5 nitrogen and oxygen atoms in total. The molecule has 7 heteroatoms. The van der Waals surface area contributed by atoms with E-state index in [0.717, 1.165) is 4.31 Å². The molecule has 0 atom stereocenters. The zero-order chi connectivity index (χ0) is 14.6. The number of nitrogens with zero attached hydrogens (tertiary/aromatic N) is 1. The lowest BCUT2D eigenvalue weighted by Crippen LogP contribution is -2.27. The van der Waals surface area contributed by atoms with Crippen molar-refractivity contribution in [3.63, 3.8) is 0 Å². The lowest BCUT2D eigenvalue weighted by atomic mass is 10.2. The number of sulfonamides is 1. The van der Waals surface area contributed by atoms with Gasteiger partial charge in [-0.15, -0.1) is 5.92 Å². The predicted octanol–water partition coefficient (Wildman–Crippen LogP) is 1.79. The van der Waals surface area contributed by atoms with Crippen LogP contribution in [-0.4, -0.2) is 37.4 Å². The number of halogens is 1. The van der Waals surface area contributed by atoms with Gasteiger partial charge in [-0.2, -0.15) is 4.31 Å². The van der Waals surface area contributed by atoms with Gasteiger partial charge in [0.2, 0.25) is 10.0 Å². The Labute approximate surface area is 120 Å². The molecular formula is C12H12BrNO4S. The van der Waals surface area contributed by atoms with Gasteiger partial charge in [0.15, 0.2) is 0 Å². The summed E-state index contributed by atoms with van der Waals surface area (Å²) < 4.78 is 25.6. The fourth-order valence-electron chi connectivity index (χ4n) is 1.29. The lowest BCUT2D eigenvalue weighted by Gasteiger charge is -2.14. The van der Waals surface area contributed by atoms with Crippen molar-refractivity contribution in [1.29, 1.82) is 0 Å². The summed E-state index contributed by atoms with van der Waals surface area (Å²) in [5, 5.41) is 8.88. The minimum absolute atomic E-state index is 0.00922.